The Morgan fingerprint density at radius 1 is 1.43 bits per heavy atom. The number of fused-ring (bicyclic) bond motifs is 1. The molecular weight excluding hydrogens is 288 g/mol. The van der Waals surface area contributed by atoms with E-state index in [0.717, 1.165) is 42.0 Å². The lowest BCUT2D eigenvalue weighted by atomic mass is 10.1. The number of hydrogen-bond donors (Lipinski definition) is 1. The van der Waals surface area contributed by atoms with Crippen LogP contribution in [0.15, 0.2) is 0 Å². The van der Waals surface area contributed by atoms with Crippen molar-refractivity contribution in [2.24, 2.45) is 0 Å². The van der Waals surface area contributed by atoms with Crippen molar-refractivity contribution in [3.63, 3.8) is 0 Å². The van der Waals surface area contributed by atoms with Gasteiger partial charge in [-0.15, -0.1) is 0 Å². The fraction of sp³-hybridized carbons (Fsp3) is 0.692. The van der Waals surface area contributed by atoms with Gasteiger partial charge >= 0.3 is 0 Å². The third kappa shape index (κ3) is 3.06. The van der Waals surface area contributed by atoms with Crippen molar-refractivity contribution in [2.45, 2.75) is 51.8 Å². The summed E-state index contributed by atoms with van der Waals surface area (Å²) in [5.41, 5.74) is 0. The first-order chi connectivity index (χ1) is 10.2. The van der Waals surface area contributed by atoms with Gasteiger partial charge in [-0.1, -0.05) is 13.8 Å². The number of methoxy groups -OCH3 is 1. The number of nitrogens with zero attached hydrogens (tertiary/aromatic N) is 5. The topological polar surface area (TPSA) is 77.8 Å². The molecule has 0 bridgehead atoms. The third-order valence-corrected chi connectivity index (χ3v) is 4.11. The van der Waals surface area contributed by atoms with Crippen molar-refractivity contribution >= 4 is 16.7 Å². The van der Waals surface area contributed by atoms with E-state index in [1.165, 1.54) is 11.5 Å². The van der Waals surface area contributed by atoms with Crippen molar-refractivity contribution < 1.29 is 4.74 Å². The van der Waals surface area contributed by atoms with E-state index in [1.54, 1.807) is 7.11 Å². The number of aryl methyl sites for hydroxylation is 1. The van der Waals surface area contributed by atoms with Gasteiger partial charge in [0.05, 0.1) is 6.04 Å². The summed E-state index contributed by atoms with van der Waals surface area (Å²) in [6.07, 6.45) is 2.11. The molecule has 0 unspecified atom stereocenters. The van der Waals surface area contributed by atoms with Crippen LogP contribution in [0.2, 0.25) is 0 Å². The van der Waals surface area contributed by atoms with Crippen molar-refractivity contribution in [1.82, 2.24) is 24.1 Å². The third-order valence-electron chi connectivity index (χ3n) is 3.45. The average Bonchev–Trinajstić information content (AvgIpc) is 3.06. The van der Waals surface area contributed by atoms with Crippen molar-refractivity contribution in [3.05, 3.63) is 17.5 Å². The number of ether oxygens (including phenoxy) is 1. The number of nitrogens with one attached hydrogen (secondary N) is 1. The first kappa shape index (κ1) is 14.4. The number of rotatable bonds is 5. The Labute approximate surface area is 127 Å². The van der Waals surface area contributed by atoms with Crippen LogP contribution in [-0.2, 0) is 17.9 Å². The molecule has 1 aliphatic rings. The van der Waals surface area contributed by atoms with Gasteiger partial charge in [0.1, 0.15) is 18.3 Å². The van der Waals surface area contributed by atoms with Crippen LogP contribution in [0.3, 0.4) is 0 Å². The average molecular weight is 308 g/mol. The van der Waals surface area contributed by atoms with Gasteiger partial charge in [0.2, 0.25) is 5.13 Å². The van der Waals surface area contributed by atoms with Crippen molar-refractivity contribution in [1.29, 1.82) is 0 Å². The molecule has 2 aromatic heterocycles. The van der Waals surface area contributed by atoms with Crippen LogP contribution < -0.4 is 5.32 Å². The zero-order valence-electron chi connectivity index (χ0n) is 12.5. The Balaban J connectivity index is 1.77. The van der Waals surface area contributed by atoms with Gasteiger partial charge in [-0.25, -0.2) is 14.6 Å². The Hall–Kier alpha value is -1.54. The number of hydrogen-bond acceptors (Lipinski definition) is 7. The van der Waals surface area contributed by atoms with Gasteiger partial charge < -0.3 is 10.1 Å². The summed E-state index contributed by atoms with van der Waals surface area (Å²) in [7, 11) is 1.66. The van der Waals surface area contributed by atoms with Crippen LogP contribution in [0.1, 0.15) is 56.1 Å². The minimum atomic E-state index is 0.143. The van der Waals surface area contributed by atoms with Gasteiger partial charge in [-0.2, -0.15) is 9.47 Å². The summed E-state index contributed by atoms with van der Waals surface area (Å²) < 4.78 is 11.5. The highest BCUT2D eigenvalue weighted by atomic mass is 32.1. The van der Waals surface area contributed by atoms with Crippen LogP contribution in [0.25, 0.3) is 0 Å². The second-order valence-electron chi connectivity index (χ2n) is 5.49. The number of anilines is 1. The predicted molar refractivity (Wildman–Crippen MR) is 80.3 cm³/mol. The van der Waals surface area contributed by atoms with E-state index in [9.17, 15) is 0 Å². The molecule has 0 saturated carbocycles. The molecule has 1 aliphatic heterocycles. The first-order valence-corrected chi connectivity index (χ1v) is 7.97. The zero-order valence-corrected chi connectivity index (χ0v) is 13.4. The first-order valence-electron chi connectivity index (χ1n) is 7.20. The van der Waals surface area contributed by atoms with E-state index in [1.807, 2.05) is 4.68 Å². The summed E-state index contributed by atoms with van der Waals surface area (Å²) in [5, 5.41) is 8.78. The Bertz CT molecular complexity index is 608. The van der Waals surface area contributed by atoms with Crippen molar-refractivity contribution in [2.75, 3.05) is 12.4 Å². The molecule has 8 heteroatoms. The maximum absolute atomic E-state index is 5.11. The van der Waals surface area contributed by atoms with E-state index < -0.39 is 0 Å². The molecule has 114 valence electrons. The fourth-order valence-electron chi connectivity index (χ4n) is 2.40. The maximum Gasteiger partial charge on any atom is 0.203 e. The molecule has 0 fully saturated rings. The Morgan fingerprint density at radius 3 is 3.00 bits per heavy atom. The molecule has 1 atom stereocenters. The normalized spacial score (nSPS) is 18.0. The molecular formula is C13H20N6OS. The lowest BCUT2D eigenvalue weighted by molar-refractivity contribution is 0.177. The molecule has 0 aromatic carbocycles. The van der Waals surface area contributed by atoms with Crippen LogP contribution in [0, 0.1) is 0 Å². The van der Waals surface area contributed by atoms with E-state index in [2.05, 4.69) is 38.6 Å². The van der Waals surface area contributed by atoms with E-state index in [0.29, 0.717) is 12.5 Å². The SMILES string of the molecule is COCc1nc2n(n1)CCC[C@H]2Nc1nc(C(C)C)ns1. The standard InChI is InChI=1S/C13H20N6OS/c1-8(2)11-16-13(21-18-11)14-9-5-4-6-19-12(9)15-10(17-19)7-20-3/h8-9H,4-7H2,1-3H3,(H,14,16,18)/t9-/m1/s1. The van der Waals surface area contributed by atoms with E-state index >= 15 is 0 Å². The quantitative estimate of drug-likeness (QED) is 0.913. The second kappa shape index (κ2) is 6.07. The molecule has 7 nitrogen and oxygen atoms in total. The van der Waals surface area contributed by atoms with E-state index in [-0.39, 0.29) is 6.04 Å². The highest BCUT2D eigenvalue weighted by Gasteiger charge is 2.25. The highest BCUT2D eigenvalue weighted by Crippen LogP contribution is 2.28. The molecule has 0 aliphatic carbocycles. The van der Waals surface area contributed by atoms with Gasteiger partial charge in [-0.05, 0) is 12.8 Å². The van der Waals surface area contributed by atoms with E-state index in [4.69, 9.17) is 4.74 Å². The zero-order chi connectivity index (χ0) is 14.8. The van der Waals surface area contributed by atoms with Gasteiger partial charge in [0, 0.05) is 31.1 Å². The highest BCUT2D eigenvalue weighted by molar-refractivity contribution is 7.09. The minimum absolute atomic E-state index is 0.143. The predicted octanol–water partition coefficient (Wildman–Crippen LogP) is 2.35. The Morgan fingerprint density at radius 2 is 2.29 bits per heavy atom. The molecule has 1 N–H and O–H groups in total. The fourth-order valence-corrected chi connectivity index (χ4v) is 3.16. The van der Waals surface area contributed by atoms with Crippen LogP contribution in [-0.4, -0.2) is 31.2 Å². The molecule has 3 heterocycles. The summed E-state index contributed by atoms with van der Waals surface area (Å²) in [5.74, 6) is 2.94. The van der Waals surface area contributed by atoms with Crippen LogP contribution in [0.5, 0.6) is 0 Å². The van der Waals surface area contributed by atoms with Gasteiger partial charge in [0.25, 0.3) is 0 Å². The molecule has 3 rings (SSSR count). The van der Waals surface area contributed by atoms with Crippen LogP contribution >= 0.6 is 11.5 Å². The minimum Gasteiger partial charge on any atom is -0.377 e. The molecule has 2 aromatic rings. The lowest BCUT2D eigenvalue weighted by Gasteiger charge is -2.22. The molecule has 0 spiro atoms. The largest absolute Gasteiger partial charge is 0.377 e. The molecule has 21 heavy (non-hydrogen) atoms. The van der Waals surface area contributed by atoms with Crippen molar-refractivity contribution in [3.8, 4) is 0 Å². The molecule has 0 amide bonds. The summed E-state index contributed by atoms with van der Waals surface area (Å²) >= 11 is 1.41. The van der Waals surface area contributed by atoms with Gasteiger partial charge in [0.15, 0.2) is 5.82 Å². The van der Waals surface area contributed by atoms with Gasteiger partial charge in [-0.3, -0.25) is 0 Å². The van der Waals surface area contributed by atoms with Crippen LogP contribution in [0.4, 0.5) is 5.13 Å². The number of aromatic nitrogens is 5. The molecule has 0 radical (unpaired) electrons. The summed E-state index contributed by atoms with van der Waals surface area (Å²) in [6.45, 7) is 5.56. The lowest BCUT2D eigenvalue weighted by Crippen LogP contribution is -2.22. The summed E-state index contributed by atoms with van der Waals surface area (Å²) in [6, 6.07) is 0.143. The smallest absolute Gasteiger partial charge is 0.203 e. The Kier molecular flexibility index (Phi) is 4.16. The maximum atomic E-state index is 5.11. The monoisotopic (exact) mass is 308 g/mol. The summed E-state index contributed by atoms with van der Waals surface area (Å²) in [4.78, 5) is 9.11. The second-order valence-corrected chi connectivity index (χ2v) is 6.25. The molecule has 0 saturated heterocycles.